The van der Waals surface area contributed by atoms with Gasteiger partial charge in [0.1, 0.15) is 5.82 Å². The average Bonchev–Trinajstić information content (AvgIpc) is 2.13. The van der Waals surface area contributed by atoms with Crippen molar-refractivity contribution < 1.29 is 4.39 Å². The quantitative estimate of drug-likeness (QED) is 0.615. The Hall–Kier alpha value is -1.29. The number of benzene rings is 1. The molecule has 0 nitrogen and oxygen atoms in total. The second kappa shape index (κ2) is 4.70. The molecule has 1 rings (SSSR count). The van der Waals surface area contributed by atoms with Crippen LogP contribution in [0.1, 0.15) is 51.7 Å². The zero-order chi connectivity index (χ0) is 12.3. The van der Waals surface area contributed by atoms with E-state index in [1.807, 2.05) is 26.8 Å². The molecule has 0 radical (unpaired) electrons. The van der Waals surface area contributed by atoms with Gasteiger partial charge in [-0.05, 0) is 50.5 Å². The van der Waals surface area contributed by atoms with Crippen LogP contribution in [-0.2, 0) is 0 Å². The van der Waals surface area contributed by atoms with Gasteiger partial charge in [-0.15, -0.1) is 0 Å². The monoisotopic (exact) mass is 218 g/mol. The van der Waals surface area contributed by atoms with E-state index >= 15 is 0 Å². The van der Waals surface area contributed by atoms with E-state index in [9.17, 15) is 4.39 Å². The van der Waals surface area contributed by atoms with Gasteiger partial charge in [-0.25, -0.2) is 4.39 Å². The summed E-state index contributed by atoms with van der Waals surface area (Å²) < 4.78 is 13.3. The predicted octanol–water partition coefficient (Wildman–Crippen LogP) is 4.35. The van der Waals surface area contributed by atoms with Crippen LogP contribution in [0.25, 0.3) is 0 Å². The maximum Gasteiger partial charge on any atom is 0.124 e. The molecule has 0 spiro atoms. The average molecular weight is 218 g/mol. The van der Waals surface area contributed by atoms with Crippen molar-refractivity contribution in [3.05, 3.63) is 35.1 Å². The van der Waals surface area contributed by atoms with E-state index in [4.69, 9.17) is 0 Å². The van der Waals surface area contributed by atoms with Gasteiger partial charge in [0.2, 0.25) is 0 Å². The summed E-state index contributed by atoms with van der Waals surface area (Å²) in [7, 11) is 0. The molecular formula is C15H19F. The number of rotatable bonds is 1. The zero-order valence-corrected chi connectivity index (χ0v) is 10.7. The Kier molecular flexibility index (Phi) is 3.75. The third kappa shape index (κ3) is 4.06. The molecule has 0 saturated heterocycles. The van der Waals surface area contributed by atoms with E-state index in [2.05, 4.69) is 25.7 Å². The molecule has 0 aromatic heterocycles. The van der Waals surface area contributed by atoms with Crippen LogP contribution in [-0.4, -0.2) is 0 Å². The van der Waals surface area contributed by atoms with E-state index in [0.29, 0.717) is 5.92 Å². The Balaban J connectivity index is 3.09. The van der Waals surface area contributed by atoms with Gasteiger partial charge >= 0.3 is 0 Å². The summed E-state index contributed by atoms with van der Waals surface area (Å²) in [5.41, 5.74) is 1.71. The minimum Gasteiger partial charge on any atom is -0.207 e. The first kappa shape index (κ1) is 12.8. The first-order chi connectivity index (χ1) is 7.28. The Morgan fingerprint density at radius 2 is 1.75 bits per heavy atom. The van der Waals surface area contributed by atoms with Crippen LogP contribution < -0.4 is 0 Å². The molecule has 0 amide bonds. The summed E-state index contributed by atoms with van der Waals surface area (Å²) in [5, 5.41) is 0. The van der Waals surface area contributed by atoms with Gasteiger partial charge in [-0.3, -0.25) is 0 Å². The molecule has 16 heavy (non-hydrogen) atoms. The number of hydrogen-bond donors (Lipinski definition) is 0. The fourth-order valence-electron chi connectivity index (χ4n) is 1.28. The third-order valence-electron chi connectivity index (χ3n) is 2.17. The smallest absolute Gasteiger partial charge is 0.124 e. The van der Waals surface area contributed by atoms with Crippen LogP contribution in [0.3, 0.4) is 0 Å². The molecule has 1 aromatic rings. The van der Waals surface area contributed by atoms with Crippen LogP contribution in [0.2, 0.25) is 0 Å². The third-order valence-corrected chi connectivity index (χ3v) is 2.17. The molecule has 0 aliphatic carbocycles. The lowest BCUT2D eigenvalue weighted by molar-refractivity contribution is 0.571. The van der Waals surface area contributed by atoms with Crippen LogP contribution in [0.15, 0.2) is 18.2 Å². The second-order valence-electron chi connectivity index (χ2n) is 5.43. The summed E-state index contributed by atoms with van der Waals surface area (Å²) >= 11 is 0. The van der Waals surface area contributed by atoms with Crippen LogP contribution >= 0.6 is 0 Å². The second-order valence-corrected chi connectivity index (χ2v) is 5.43. The highest BCUT2D eigenvalue weighted by Crippen LogP contribution is 2.18. The fraction of sp³-hybridized carbons (Fsp3) is 0.467. The lowest BCUT2D eigenvalue weighted by Crippen LogP contribution is -1.99. The molecule has 0 fully saturated rings. The molecule has 0 saturated carbocycles. The highest BCUT2D eigenvalue weighted by atomic mass is 19.1. The molecule has 0 atom stereocenters. The SMILES string of the molecule is CC(C)c1cc(F)cc(C#CC(C)(C)C)c1. The maximum absolute atomic E-state index is 13.3. The Bertz CT molecular complexity index is 425. The van der Waals surface area contributed by atoms with Gasteiger partial charge in [-0.2, -0.15) is 0 Å². The first-order valence-corrected chi connectivity index (χ1v) is 5.61. The predicted molar refractivity (Wildman–Crippen MR) is 66.8 cm³/mol. The van der Waals surface area contributed by atoms with Gasteiger partial charge in [0, 0.05) is 11.0 Å². The number of halogens is 1. The van der Waals surface area contributed by atoms with Gasteiger partial charge < -0.3 is 0 Å². The molecule has 1 aromatic carbocycles. The first-order valence-electron chi connectivity index (χ1n) is 5.61. The van der Waals surface area contributed by atoms with Crippen molar-refractivity contribution in [3.8, 4) is 11.8 Å². The van der Waals surface area contributed by atoms with Gasteiger partial charge in [0.25, 0.3) is 0 Å². The van der Waals surface area contributed by atoms with Crippen molar-refractivity contribution in [1.29, 1.82) is 0 Å². The minimum atomic E-state index is -0.204. The molecule has 0 N–H and O–H groups in total. The summed E-state index contributed by atoms with van der Waals surface area (Å²) in [6, 6.07) is 5.03. The number of hydrogen-bond acceptors (Lipinski definition) is 0. The maximum atomic E-state index is 13.3. The molecule has 86 valence electrons. The van der Waals surface area contributed by atoms with Crippen molar-refractivity contribution in [2.24, 2.45) is 5.41 Å². The summed E-state index contributed by atoms with van der Waals surface area (Å²) in [4.78, 5) is 0. The molecule has 0 heterocycles. The van der Waals surface area contributed by atoms with Gasteiger partial charge in [-0.1, -0.05) is 25.7 Å². The van der Waals surface area contributed by atoms with Crippen molar-refractivity contribution in [2.75, 3.05) is 0 Å². The molecule has 1 heteroatoms. The van der Waals surface area contributed by atoms with E-state index < -0.39 is 0 Å². The summed E-state index contributed by atoms with van der Waals surface area (Å²) in [5.74, 6) is 6.27. The van der Waals surface area contributed by atoms with Crippen LogP contribution in [0, 0.1) is 23.1 Å². The highest BCUT2D eigenvalue weighted by molar-refractivity contribution is 5.39. The molecule has 0 aliphatic rings. The summed E-state index contributed by atoms with van der Waals surface area (Å²) in [6.07, 6.45) is 0. The van der Waals surface area contributed by atoms with E-state index in [0.717, 1.165) is 11.1 Å². The topological polar surface area (TPSA) is 0 Å². The van der Waals surface area contributed by atoms with Gasteiger partial charge in [0.05, 0.1) is 0 Å². The molecule has 0 bridgehead atoms. The van der Waals surface area contributed by atoms with Crippen molar-refractivity contribution in [2.45, 2.75) is 40.5 Å². The Labute approximate surface area is 97.9 Å². The summed E-state index contributed by atoms with van der Waals surface area (Å²) in [6.45, 7) is 10.2. The fourth-order valence-corrected chi connectivity index (χ4v) is 1.28. The zero-order valence-electron chi connectivity index (χ0n) is 10.7. The van der Waals surface area contributed by atoms with E-state index in [1.54, 1.807) is 6.07 Å². The lowest BCUT2D eigenvalue weighted by atomic mass is 9.96. The van der Waals surface area contributed by atoms with Crippen LogP contribution in [0.5, 0.6) is 0 Å². The Morgan fingerprint density at radius 1 is 1.12 bits per heavy atom. The molecular weight excluding hydrogens is 199 g/mol. The Morgan fingerprint density at radius 3 is 2.25 bits per heavy atom. The minimum absolute atomic E-state index is 0.0513. The van der Waals surface area contributed by atoms with E-state index in [-0.39, 0.29) is 11.2 Å². The highest BCUT2D eigenvalue weighted by Gasteiger charge is 2.05. The van der Waals surface area contributed by atoms with Crippen molar-refractivity contribution >= 4 is 0 Å². The van der Waals surface area contributed by atoms with E-state index in [1.165, 1.54) is 6.07 Å². The van der Waals surface area contributed by atoms with Gasteiger partial charge in [0.15, 0.2) is 0 Å². The normalized spacial score (nSPS) is 11.2. The molecule has 0 aliphatic heterocycles. The largest absolute Gasteiger partial charge is 0.207 e. The van der Waals surface area contributed by atoms with Crippen molar-refractivity contribution in [3.63, 3.8) is 0 Å². The van der Waals surface area contributed by atoms with Crippen molar-refractivity contribution in [1.82, 2.24) is 0 Å². The molecule has 0 unspecified atom stereocenters. The lowest BCUT2D eigenvalue weighted by Gasteiger charge is -2.08. The van der Waals surface area contributed by atoms with Crippen LogP contribution in [0.4, 0.5) is 4.39 Å². The standard InChI is InChI=1S/C15H19F/c1-11(2)13-8-12(9-14(16)10-13)6-7-15(3,4)5/h8-11H,1-5H3.